The summed E-state index contributed by atoms with van der Waals surface area (Å²) in [7, 11) is 3.30. The average Bonchev–Trinajstić information content (AvgIpc) is 2.80. The van der Waals surface area contributed by atoms with Crippen molar-refractivity contribution in [1.29, 1.82) is 0 Å². The van der Waals surface area contributed by atoms with Crippen molar-refractivity contribution in [2.75, 3.05) is 13.7 Å². The van der Waals surface area contributed by atoms with E-state index >= 15 is 0 Å². The molecule has 0 saturated carbocycles. The van der Waals surface area contributed by atoms with Gasteiger partial charge in [0.15, 0.2) is 0 Å². The smallest absolute Gasteiger partial charge is 0.315 e. The number of nitrogens with zero attached hydrogens (tertiary/aromatic N) is 2. The second-order valence-corrected chi connectivity index (χ2v) is 5.29. The number of ether oxygens (including phenoxy) is 1. The van der Waals surface area contributed by atoms with Crippen molar-refractivity contribution in [1.82, 2.24) is 20.4 Å². The standard InChI is InChI=1S/C16H20F2N4O2/c1-10-13(15(24-3)22(2)21-10)9-20-16(23)19-7-6-11-4-5-12(17)8-14(11)18/h4-5,8H,6-7,9H2,1-3H3,(H2,19,20,23). The fourth-order valence-corrected chi connectivity index (χ4v) is 2.41. The van der Waals surface area contributed by atoms with Crippen LogP contribution in [0, 0.1) is 18.6 Å². The summed E-state index contributed by atoms with van der Waals surface area (Å²) in [6.45, 7) is 2.33. The van der Waals surface area contributed by atoms with Crippen molar-refractivity contribution in [3.05, 3.63) is 46.7 Å². The van der Waals surface area contributed by atoms with Crippen molar-refractivity contribution < 1.29 is 18.3 Å². The molecule has 0 saturated heterocycles. The lowest BCUT2D eigenvalue weighted by molar-refractivity contribution is 0.240. The van der Waals surface area contributed by atoms with Crippen molar-refractivity contribution in [3.63, 3.8) is 0 Å². The topological polar surface area (TPSA) is 68.2 Å². The van der Waals surface area contributed by atoms with Gasteiger partial charge in [0, 0.05) is 19.7 Å². The number of benzene rings is 1. The molecule has 0 aliphatic carbocycles. The molecule has 24 heavy (non-hydrogen) atoms. The predicted molar refractivity (Wildman–Crippen MR) is 84.8 cm³/mol. The largest absolute Gasteiger partial charge is 0.481 e. The number of nitrogens with one attached hydrogen (secondary N) is 2. The van der Waals surface area contributed by atoms with Gasteiger partial charge in [0.25, 0.3) is 0 Å². The lowest BCUT2D eigenvalue weighted by atomic mass is 10.1. The van der Waals surface area contributed by atoms with Gasteiger partial charge in [0.2, 0.25) is 5.88 Å². The first-order valence-electron chi connectivity index (χ1n) is 7.44. The Morgan fingerprint density at radius 1 is 1.33 bits per heavy atom. The zero-order valence-electron chi connectivity index (χ0n) is 13.8. The molecule has 1 heterocycles. The summed E-state index contributed by atoms with van der Waals surface area (Å²) in [6, 6.07) is 3.00. The molecular weight excluding hydrogens is 318 g/mol. The van der Waals surface area contributed by atoms with E-state index in [-0.39, 0.29) is 25.5 Å². The van der Waals surface area contributed by atoms with Crippen molar-refractivity contribution >= 4 is 6.03 Å². The van der Waals surface area contributed by atoms with Gasteiger partial charge in [0.05, 0.1) is 24.9 Å². The highest BCUT2D eigenvalue weighted by Gasteiger charge is 2.14. The van der Waals surface area contributed by atoms with E-state index in [9.17, 15) is 13.6 Å². The summed E-state index contributed by atoms with van der Waals surface area (Å²) >= 11 is 0. The number of urea groups is 1. The number of aromatic nitrogens is 2. The van der Waals surface area contributed by atoms with Crippen LogP contribution < -0.4 is 15.4 Å². The lowest BCUT2D eigenvalue weighted by Crippen LogP contribution is -2.36. The average molecular weight is 338 g/mol. The second kappa shape index (κ2) is 7.76. The Hall–Kier alpha value is -2.64. The molecule has 2 N–H and O–H groups in total. The number of carbonyl (C=O) groups is 1. The van der Waals surface area contributed by atoms with Crippen LogP contribution in [0.3, 0.4) is 0 Å². The minimum absolute atomic E-state index is 0.234. The molecule has 1 aromatic carbocycles. The van der Waals surface area contributed by atoms with E-state index < -0.39 is 11.6 Å². The molecule has 0 spiro atoms. The highest BCUT2D eigenvalue weighted by Crippen LogP contribution is 2.20. The zero-order valence-corrected chi connectivity index (χ0v) is 13.8. The number of hydrogen-bond acceptors (Lipinski definition) is 3. The fourth-order valence-electron chi connectivity index (χ4n) is 2.41. The molecule has 0 aliphatic heterocycles. The van der Waals surface area contributed by atoms with Gasteiger partial charge < -0.3 is 15.4 Å². The van der Waals surface area contributed by atoms with E-state index in [1.54, 1.807) is 11.7 Å². The first-order chi connectivity index (χ1) is 11.4. The lowest BCUT2D eigenvalue weighted by Gasteiger charge is -2.09. The molecule has 0 atom stereocenters. The Labute approximate surface area is 138 Å². The van der Waals surface area contributed by atoms with Crippen LogP contribution in [0.25, 0.3) is 0 Å². The summed E-state index contributed by atoms with van der Waals surface area (Å²) < 4.78 is 33.1. The molecule has 2 aromatic rings. The summed E-state index contributed by atoms with van der Waals surface area (Å²) in [5.41, 5.74) is 1.91. The van der Waals surface area contributed by atoms with Gasteiger partial charge in [-0.25, -0.2) is 18.3 Å². The van der Waals surface area contributed by atoms with Gasteiger partial charge in [-0.2, -0.15) is 5.10 Å². The van der Waals surface area contributed by atoms with E-state index in [1.807, 2.05) is 6.92 Å². The third-order valence-electron chi connectivity index (χ3n) is 3.60. The maximum atomic E-state index is 13.5. The van der Waals surface area contributed by atoms with Crippen LogP contribution in [0.4, 0.5) is 13.6 Å². The number of aryl methyl sites for hydroxylation is 2. The highest BCUT2D eigenvalue weighted by atomic mass is 19.1. The molecule has 0 aliphatic rings. The predicted octanol–water partition coefficient (Wildman–Crippen LogP) is 2.06. The van der Waals surface area contributed by atoms with Gasteiger partial charge >= 0.3 is 6.03 Å². The minimum Gasteiger partial charge on any atom is -0.481 e. The number of halogens is 2. The van der Waals surface area contributed by atoms with Crippen LogP contribution in [0.15, 0.2) is 18.2 Å². The normalized spacial score (nSPS) is 10.5. The number of methoxy groups -OCH3 is 1. The summed E-state index contributed by atoms with van der Waals surface area (Å²) in [5, 5.41) is 9.56. The number of amides is 2. The molecule has 6 nitrogen and oxygen atoms in total. The third kappa shape index (κ3) is 4.21. The van der Waals surface area contributed by atoms with Crippen LogP contribution in [0.5, 0.6) is 5.88 Å². The van der Waals surface area contributed by atoms with Crippen LogP contribution in [-0.4, -0.2) is 29.5 Å². The molecule has 1 aromatic heterocycles. The van der Waals surface area contributed by atoms with Crippen molar-refractivity contribution in [2.24, 2.45) is 7.05 Å². The number of hydrogen-bond donors (Lipinski definition) is 2. The third-order valence-corrected chi connectivity index (χ3v) is 3.60. The molecule has 2 rings (SSSR count). The van der Waals surface area contributed by atoms with Gasteiger partial charge in [-0.1, -0.05) is 6.07 Å². The Morgan fingerprint density at radius 3 is 2.75 bits per heavy atom. The van der Waals surface area contributed by atoms with Crippen molar-refractivity contribution in [3.8, 4) is 5.88 Å². The summed E-state index contributed by atoms with van der Waals surface area (Å²) in [6.07, 6.45) is 0.273. The van der Waals surface area contributed by atoms with Gasteiger partial charge in [-0.15, -0.1) is 0 Å². The van der Waals surface area contributed by atoms with Crippen LogP contribution in [0.1, 0.15) is 16.8 Å². The van der Waals surface area contributed by atoms with E-state index in [4.69, 9.17) is 4.74 Å². The van der Waals surface area contributed by atoms with Gasteiger partial charge in [0.1, 0.15) is 11.6 Å². The fraction of sp³-hybridized carbons (Fsp3) is 0.375. The molecule has 0 unspecified atom stereocenters. The SMILES string of the molecule is COc1c(CNC(=O)NCCc2ccc(F)cc2F)c(C)nn1C. The molecular formula is C16H20F2N4O2. The number of rotatable bonds is 6. The molecule has 0 radical (unpaired) electrons. The Bertz CT molecular complexity index is 731. The van der Waals surface area contributed by atoms with E-state index in [0.29, 0.717) is 11.4 Å². The Morgan fingerprint density at radius 2 is 2.08 bits per heavy atom. The van der Waals surface area contributed by atoms with Gasteiger partial charge in [-0.05, 0) is 25.0 Å². The Balaban J connectivity index is 1.82. The van der Waals surface area contributed by atoms with E-state index in [0.717, 1.165) is 17.3 Å². The maximum absolute atomic E-state index is 13.5. The highest BCUT2D eigenvalue weighted by molar-refractivity contribution is 5.73. The van der Waals surface area contributed by atoms with Crippen LogP contribution in [0.2, 0.25) is 0 Å². The van der Waals surface area contributed by atoms with E-state index in [2.05, 4.69) is 15.7 Å². The molecule has 0 fully saturated rings. The van der Waals surface area contributed by atoms with Crippen LogP contribution >= 0.6 is 0 Å². The van der Waals surface area contributed by atoms with Crippen molar-refractivity contribution in [2.45, 2.75) is 19.9 Å². The number of carbonyl (C=O) groups excluding carboxylic acids is 1. The Kier molecular flexibility index (Phi) is 5.73. The summed E-state index contributed by atoms with van der Waals surface area (Å²) in [5.74, 6) is -0.656. The molecule has 2 amide bonds. The molecule has 8 heteroatoms. The second-order valence-electron chi connectivity index (χ2n) is 5.29. The van der Waals surface area contributed by atoms with Gasteiger partial charge in [-0.3, -0.25) is 0 Å². The summed E-state index contributed by atoms with van der Waals surface area (Å²) in [4.78, 5) is 11.8. The monoisotopic (exact) mass is 338 g/mol. The minimum atomic E-state index is -0.622. The first kappa shape index (κ1) is 17.7. The molecule has 130 valence electrons. The van der Waals surface area contributed by atoms with Crippen LogP contribution in [-0.2, 0) is 20.0 Å². The first-order valence-corrected chi connectivity index (χ1v) is 7.44. The maximum Gasteiger partial charge on any atom is 0.315 e. The zero-order chi connectivity index (χ0) is 17.7. The quantitative estimate of drug-likeness (QED) is 0.847. The van der Waals surface area contributed by atoms with E-state index in [1.165, 1.54) is 19.2 Å². The molecule has 0 bridgehead atoms.